The van der Waals surface area contributed by atoms with Crippen molar-refractivity contribution in [2.75, 3.05) is 26.2 Å². The number of carbonyl (C=O) groups is 1. The second-order valence-corrected chi connectivity index (χ2v) is 13.8. The zero-order valence-electron chi connectivity index (χ0n) is 26.0. The van der Waals surface area contributed by atoms with Gasteiger partial charge in [0.1, 0.15) is 0 Å². The van der Waals surface area contributed by atoms with Gasteiger partial charge in [0.25, 0.3) is 0 Å². The Morgan fingerprint density at radius 1 is 0.884 bits per heavy atom. The number of nitrogens with zero attached hydrogens (tertiary/aromatic N) is 3. The minimum absolute atomic E-state index is 0.185. The van der Waals surface area contributed by atoms with Crippen LogP contribution in [0.3, 0.4) is 0 Å². The number of likely N-dealkylation sites (tertiary alicyclic amines) is 2. The minimum Gasteiger partial charge on any atom is -0.338 e. The summed E-state index contributed by atoms with van der Waals surface area (Å²) in [6.45, 7) is 4.48. The smallest absolute Gasteiger partial charge is 0.225 e. The molecule has 0 N–H and O–H groups in total. The van der Waals surface area contributed by atoms with Crippen molar-refractivity contribution in [3.63, 3.8) is 0 Å². The molecule has 5 heteroatoms. The Morgan fingerprint density at radius 3 is 2.65 bits per heavy atom. The fourth-order valence-corrected chi connectivity index (χ4v) is 8.39. The van der Waals surface area contributed by atoms with Crippen molar-refractivity contribution in [2.24, 2.45) is 5.92 Å². The Morgan fingerprint density at radius 2 is 1.77 bits per heavy atom. The zero-order valence-corrected chi connectivity index (χ0v) is 26.7. The maximum Gasteiger partial charge on any atom is 0.225 e. The number of hydrogen-bond acceptors (Lipinski definition) is 3. The summed E-state index contributed by atoms with van der Waals surface area (Å²) in [4.78, 5) is 23.7. The number of amides is 1. The largest absolute Gasteiger partial charge is 0.338 e. The van der Waals surface area contributed by atoms with Crippen molar-refractivity contribution < 1.29 is 4.79 Å². The van der Waals surface area contributed by atoms with E-state index in [0.29, 0.717) is 17.9 Å². The zero-order chi connectivity index (χ0) is 29.4. The molecule has 0 radical (unpaired) electrons. The van der Waals surface area contributed by atoms with Gasteiger partial charge in [-0.25, -0.2) is 0 Å². The normalized spacial score (nSPS) is 25.0. The molecule has 3 unspecified atom stereocenters. The predicted octanol–water partition coefficient (Wildman–Crippen LogP) is 7.18. The lowest BCUT2D eigenvalue weighted by atomic mass is 9.92. The van der Waals surface area contributed by atoms with Gasteiger partial charge in [-0.3, -0.25) is 9.78 Å². The summed E-state index contributed by atoms with van der Waals surface area (Å²) in [5.74, 6) is 1.07. The Labute approximate surface area is 263 Å². The van der Waals surface area contributed by atoms with Gasteiger partial charge in [0.2, 0.25) is 5.91 Å². The molecule has 2 saturated heterocycles. The number of allylic oxidation sites excluding steroid dienone is 2. The number of rotatable bonds is 8. The van der Waals surface area contributed by atoms with E-state index in [-0.39, 0.29) is 5.92 Å². The van der Waals surface area contributed by atoms with E-state index in [9.17, 15) is 4.79 Å². The summed E-state index contributed by atoms with van der Waals surface area (Å²) in [6, 6.07) is 10.9. The number of pyridine rings is 1. The topological polar surface area (TPSA) is 36.4 Å². The van der Waals surface area contributed by atoms with E-state index in [1.807, 2.05) is 18.3 Å². The summed E-state index contributed by atoms with van der Waals surface area (Å²) in [7, 11) is 0. The molecule has 2 aromatic rings. The van der Waals surface area contributed by atoms with Crippen LogP contribution in [0.2, 0.25) is 5.02 Å². The van der Waals surface area contributed by atoms with Crippen LogP contribution in [0, 0.1) is 5.92 Å². The summed E-state index contributed by atoms with van der Waals surface area (Å²) < 4.78 is 0. The van der Waals surface area contributed by atoms with E-state index >= 15 is 0 Å². The van der Waals surface area contributed by atoms with Crippen LogP contribution in [-0.4, -0.2) is 52.9 Å². The fourth-order valence-electron chi connectivity index (χ4n) is 8.16. The Kier molecular flexibility index (Phi) is 10.7. The molecule has 4 nitrogen and oxygen atoms in total. The van der Waals surface area contributed by atoms with E-state index < -0.39 is 0 Å². The Bertz CT molecular complexity index is 1390. The summed E-state index contributed by atoms with van der Waals surface area (Å²) in [5.41, 5.74) is 4.08. The summed E-state index contributed by atoms with van der Waals surface area (Å²) in [6.07, 6.45) is 26.1. The molecule has 3 atom stereocenters. The molecule has 2 aliphatic carbocycles. The van der Waals surface area contributed by atoms with Gasteiger partial charge in [-0.15, -0.1) is 0 Å². The number of aromatic nitrogens is 1. The lowest BCUT2D eigenvalue weighted by molar-refractivity contribution is -0.137. The highest BCUT2D eigenvalue weighted by Gasteiger charge is 2.35. The van der Waals surface area contributed by atoms with Gasteiger partial charge < -0.3 is 9.80 Å². The molecule has 0 bridgehead atoms. The van der Waals surface area contributed by atoms with E-state index in [4.69, 9.17) is 16.6 Å². The summed E-state index contributed by atoms with van der Waals surface area (Å²) in [5, 5.41) is 3.57. The molecule has 3 fully saturated rings. The fraction of sp³-hybridized carbons (Fsp3) is 0.579. The minimum atomic E-state index is 0.185. The first-order chi connectivity index (χ1) is 21.2. The molecule has 43 heavy (non-hydrogen) atoms. The van der Waals surface area contributed by atoms with Gasteiger partial charge in [0, 0.05) is 42.2 Å². The quantitative estimate of drug-likeness (QED) is 0.238. The predicted molar refractivity (Wildman–Crippen MR) is 178 cm³/mol. The first kappa shape index (κ1) is 30.6. The third-order valence-electron chi connectivity index (χ3n) is 10.5. The first-order valence-corrected chi connectivity index (χ1v) is 17.6. The maximum atomic E-state index is 13.8. The van der Waals surface area contributed by atoms with Crippen molar-refractivity contribution in [1.29, 1.82) is 0 Å². The highest BCUT2D eigenvalue weighted by atomic mass is 35.5. The van der Waals surface area contributed by atoms with Crippen molar-refractivity contribution in [1.82, 2.24) is 14.8 Å². The van der Waals surface area contributed by atoms with Gasteiger partial charge in [0.05, 0.1) is 5.69 Å². The molecule has 230 valence electrons. The van der Waals surface area contributed by atoms with Crippen LogP contribution < -0.4 is 10.4 Å². The van der Waals surface area contributed by atoms with E-state index in [1.165, 1.54) is 60.5 Å². The number of halogens is 1. The first-order valence-electron chi connectivity index (χ1n) is 17.2. The van der Waals surface area contributed by atoms with E-state index in [0.717, 1.165) is 88.7 Å². The standard InChI is InChI=1S/C38H50ClN3O/c39-36-20-2-1-13-31(36)15-6-11-29-10-5-14-30-23-24-40-37(35(30)19-7-12-29)32-16-8-17-33(22-21-32)38(43)42-27-9-18-34(42)28-41-25-3-4-26-41/h1-2,12-14,19-20,23-24,32-34H,3-11,15-18,21-22,25-28H2. The molecule has 1 saturated carbocycles. The lowest BCUT2D eigenvalue weighted by Crippen LogP contribution is -2.45. The van der Waals surface area contributed by atoms with Crippen LogP contribution >= 0.6 is 11.6 Å². The number of fused-ring (bicyclic) bond motifs is 1. The molecular weight excluding hydrogens is 550 g/mol. The third kappa shape index (κ3) is 7.81. The molecule has 3 heterocycles. The van der Waals surface area contributed by atoms with Crippen molar-refractivity contribution in [3.8, 4) is 0 Å². The second-order valence-electron chi connectivity index (χ2n) is 13.4. The van der Waals surface area contributed by atoms with Crippen LogP contribution in [0.15, 0.2) is 48.2 Å². The SMILES string of the molecule is O=C(C1CCCC(c2nccc3c2=CCC=C(CCCc2ccccc2Cl)CCC=3)CC1)N1CCCC1CN1CCCC1. The van der Waals surface area contributed by atoms with Crippen molar-refractivity contribution >= 4 is 29.7 Å². The second kappa shape index (κ2) is 15.0. The van der Waals surface area contributed by atoms with Crippen molar-refractivity contribution in [2.45, 2.75) is 108 Å². The molecule has 1 aromatic heterocycles. The van der Waals surface area contributed by atoms with Crippen LogP contribution in [0.25, 0.3) is 12.2 Å². The maximum absolute atomic E-state index is 13.8. The lowest BCUT2D eigenvalue weighted by Gasteiger charge is -2.31. The Balaban J connectivity index is 1.09. The monoisotopic (exact) mass is 599 g/mol. The highest BCUT2D eigenvalue weighted by Crippen LogP contribution is 2.34. The molecule has 0 spiro atoms. The number of carbonyl (C=O) groups excluding carboxylic acids is 1. The molecule has 6 rings (SSSR count). The third-order valence-corrected chi connectivity index (χ3v) is 10.9. The van der Waals surface area contributed by atoms with Gasteiger partial charge in [-0.05, 0) is 131 Å². The average molecular weight is 600 g/mol. The van der Waals surface area contributed by atoms with Gasteiger partial charge in [-0.1, -0.05) is 60.0 Å². The average Bonchev–Trinajstić information content (AvgIpc) is 3.66. The Hall–Kier alpha value is -2.43. The highest BCUT2D eigenvalue weighted by molar-refractivity contribution is 6.31. The molecular formula is C38H50ClN3O. The molecule has 2 aliphatic heterocycles. The number of aryl methyl sites for hydroxylation is 1. The van der Waals surface area contributed by atoms with Crippen molar-refractivity contribution in [3.05, 3.63) is 74.9 Å². The van der Waals surface area contributed by atoms with E-state index in [1.54, 1.807) is 5.57 Å². The van der Waals surface area contributed by atoms with Gasteiger partial charge in [-0.2, -0.15) is 0 Å². The number of benzene rings is 1. The van der Waals surface area contributed by atoms with Crippen LogP contribution in [-0.2, 0) is 11.2 Å². The van der Waals surface area contributed by atoms with Gasteiger partial charge in [0.15, 0.2) is 0 Å². The van der Waals surface area contributed by atoms with Crippen LogP contribution in [0.1, 0.15) is 107 Å². The van der Waals surface area contributed by atoms with Gasteiger partial charge >= 0.3 is 0 Å². The molecule has 4 aliphatic rings. The number of hydrogen-bond donors (Lipinski definition) is 0. The van der Waals surface area contributed by atoms with E-state index in [2.05, 4.69) is 46.2 Å². The summed E-state index contributed by atoms with van der Waals surface area (Å²) >= 11 is 6.39. The van der Waals surface area contributed by atoms with Crippen LogP contribution in [0.4, 0.5) is 0 Å². The molecule has 1 amide bonds. The van der Waals surface area contributed by atoms with Crippen LogP contribution in [0.5, 0.6) is 0 Å². The molecule has 1 aromatic carbocycles.